The number of carbonyl (C=O) groups excluding carboxylic acids is 2. The maximum atomic E-state index is 11.5. The average molecular weight is 288 g/mol. The third kappa shape index (κ3) is 8.87. The van der Waals surface area contributed by atoms with E-state index in [9.17, 15) is 9.59 Å². The SMILES string of the molecule is CCCOC(=O)[C@H](C)NCCN[C@@H](C)C(=O)OCCC. The highest BCUT2D eigenvalue weighted by Gasteiger charge is 2.15. The molecule has 0 aliphatic carbocycles. The maximum Gasteiger partial charge on any atom is 0.322 e. The second-order valence-electron chi connectivity index (χ2n) is 4.69. The largest absolute Gasteiger partial charge is 0.465 e. The van der Waals surface area contributed by atoms with Crippen molar-refractivity contribution in [2.45, 2.75) is 52.6 Å². The van der Waals surface area contributed by atoms with Crippen molar-refractivity contribution in [3.05, 3.63) is 0 Å². The lowest BCUT2D eigenvalue weighted by molar-refractivity contribution is -0.146. The van der Waals surface area contributed by atoms with Crippen molar-refractivity contribution < 1.29 is 19.1 Å². The Kier molecular flexibility index (Phi) is 11.0. The van der Waals surface area contributed by atoms with E-state index in [4.69, 9.17) is 9.47 Å². The van der Waals surface area contributed by atoms with Crippen molar-refractivity contribution in [3.8, 4) is 0 Å². The zero-order valence-corrected chi connectivity index (χ0v) is 13.0. The van der Waals surface area contributed by atoms with Crippen molar-refractivity contribution >= 4 is 11.9 Å². The first kappa shape index (κ1) is 18.9. The third-order valence-corrected chi connectivity index (χ3v) is 2.63. The molecule has 0 saturated heterocycles. The van der Waals surface area contributed by atoms with E-state index >= 15 is 0 Å². The first-order valence-corrected chi connectivity index (χ1v) is 7.32. The molecule has 2 atom stereocenters. The molecule has 0 aromatic rings. The van der Waals surface area contributed by atoms with Crippen LogP contribution in [0.2, 0.25) is 0 Å². The third-order valence-electron chi connectivity index (χ3n) is 2.63. The second kappa shape index (κ2) is 11.7. The average Bonchev–Trinajstić information content (AvgIpc) is 2.45. The van der Waals surface area contributed by atoms with E-state index in [-0.39, 0.29) is 24.0 Å². The van der Waals surface area contributed by atoms with E-state index in [2.05, 4.69) is 10.6 Å². The molecule has 0 heterocycles. The summed E-state index contributed by atoms with van der Waals surface area (Å²) >= 11 is 0. The molecule has 118 valence electrons. The van der Waals surface area contributed by atoms with Crippen LogP contribution in [0.5, 0.6) is 0 Å². The number of carbonyl (C=O) groups is 2. The Hall–Kier alpha value is -1.14. The predicted molar refractivity (Wildman–Crippen MR) is 77.4 cm³/mol. The van der Waals surface area contributed by atoms with E-state index in [1.165, 1.54) is 0 Å². The fraction of sp³-hybridized carbons (Fsp3) is 0.857. The summed E-state index contributed by atoms with van der Waals surface area (Å²) in [5.74, 6) is -0.496. The lowest BCUT2D eigenvalue weighted by atomic mass is 10.3. The van der Waals surface area contributed by atoms with Crippen LogP contribution >= 0.6 is 0 Å². The number of hydrogen-bond acceptors (Lipinski definition) is 6. The smallest absolute Gasteiger partial charge is 0.322 e. The molecule has 0 bridgehead atoms. The van der Waals surface area contributed by atoms with E-state index in [0.29, 0.717) is 26.3 Å². The summed E-state index contributed by atoms with van der Waals surface area (Å²) in [6.07, 6.45) is 1.63. The van der Waals surface area contributed by atoms with Gasteiger partial charge in [-0.2, -0.15) is 0 Å². The summed E-state index contributed by atoms with van der Waals surface area (Å²) in [6, 6.07) is -0.684. The molecule has 6 heteroatoms. The molecule has 0 amide bonds. The summed E-state index contributed by atoms with van der Waals surface area (Å²) < 4.78 is 10.0. The molecule has 20 heavy (non-hydrogen) atoms. The first-order valence-electron chi connectivity index (χ1n) is 7.32. The molecule has 6 nitrogen and oxygen atoms in total. The Morgan fingerprint density at radius 2 is 1.20 bits per heavy atom. The van der Waals surface area contributed by atoms with Crippen LogP contribution < -0.4 is 10.6 Å². The summed E-state index contributed by atoms with van der Waals surface area (Å²) in [6.45, 7) is 9.48. The van der Waals surface area contributed by atoms with Gasteiger partial charge in [0.1, 0.15) is 12.1 Å². The fourth-order valence-electron chi connectivity index (χ4n) is 1.40. The van der Waals surface area contributed by atoms with Crippen LogP contribution in [0.15, 0.2) is 0 Å². The van der Waals surface area contributed by atoms with Crippen molar-refractivity contribution in [2.24, 2.45) is 0 Å². The fourth-order valence-corrected chi connectivity index (χ4v) is 1.40. The van der Waals surface area contributed by atoms with Gasteiger partial charge < -0.3 is 20.1 Å². The molecule has 0 aromatic heterocycles. The summed E-state index contributed by atoms with van der Waals surface area (Å²) in [7, 11) is 0. The minimum absolute atomic E-state index is 0.248. The minimum atomic E-state index is -0.342. The van der Waals surface area contributed by atoms with E-state index in [0.717, 1.165) is 12.8 Å². The molecule has 0 rings (SSSR count). The molecule has 0 spiro atoms. The van der Waals surface area contributed by atoms with E-state index in [1.54, 1.807) is 13.8 Å². The Balaban J connectivity index is 3.69. The molecular formula is C14H28N2O4. The van der Waals surface area contributed by atoms with Crippen LogP contribution in [-0.4, -0.2) is 50.3 Å². The van der Waals surface area contributed by atoms with Crippen LogP contribution in [-0.2, 0) is 19.1 Å². The topological polar surface area (TPSA) is 76.7 Å². The number of esters is 2. The van der Waals surface area contributed by atoms with Gasteiger partial charge in [0.05, 0.1) is 13.2 Å². The second-order valence-corrected chi connectivity index (χ2v) is 4.69. The normalized spacial score (nSPS) is 13.6. The highest BCUT2D eigenvalue weighted by Crippen LogP contribution is 1.91. The number of hydrogen-bond donors (Lipinski definition) is 2. The maximum absolute atomic E-state index is 11.5. The van der Waals surface area contributed by atoms with Gasteiger partial charge in [-0.05, 0) is 26.7 Å². The van der Waals surface area contributed by atoms with Gasteiger partial charge in [-0.15, -0.1) is 0 Å². The summed E-state index contributed by atoms with van der Waals surface area (Å²) in [5.41, 5.74) is 0. The van der Waals surface area contributed by atoms with Gasteiger partial charge >= 0.3 is 11.9 Å². The quantitative estimate of drug-likeness (QED) is 0.433. The van der Waals surface area contributed by atoms with Crippen LogP contribution in [0, 0.1) is 0 Å². The Morgan fingerprint density at radius 3 is 1.50 bits per heavy atom. The minimum Gasteiger partial charge on any atom is -0.465 e. The molecule has 0 unspecified atom stereocenters. The van der Waals surface area contributed by atoms with Gasteiger partial charge in [-0.25, -0.2) is 0 Å². The van der Waals surface area contributed by atoms with Gasteiger partial charge in [0.25, 0.3) is 0 Å². The molecule has 0 aromatic carbocycles. The molecule has 2 N–H and O–H groups in total. The highest BCUT2D eigenvalue weighted by molar-refractivity contribution is 5.75. The van der Waals surface area contributed by atoms with Crippen molar-refractivity contribution in [1.82, 2.24) is 10.6 Å². The Bertz CT molecular complexity index is 256. The summed E-state index contributed by atoms with van der Waals surface area (Å²) in [4.78, 5) is 23.0. The lowest BCUT2D eigenvalue weighted by Crippen LogP contribution is -2.43. The van der Waals surface area contributed by atoms with Gasteiger partial charge in [0.15, 0.2) is 0 Å². The van der Waals surface area contributed by atoms with E-state index in [1.807, 2.05) is 13.8 Å². The zero-order valence-electron chi connectivity index (χ0n) is 13.0. The molecule has 0 radical (unpaired) electrons. The molecule has 0 fully saturated rings. The molecule has 0 saturated carbocycles. The Morgan fingerprint density at radius 1 is 0.850 bits per heavy atom. The first-order chi connectivity index (χ1) is 9.52. The number of rotatable bonds is 11. The van der Waals surface area contributed by atoms with Crippen LogP contribution in [0.1, 0.15) is 40.5 Å². The van der Waals surface area contributed by atoms with Crippen molar-refractivity contribution in [1.29, 1.82) is 0 Å². The molecule has 0 aliphatic rings. The van der Waals surface area contributed by atoms with Gasteiger partial charge in [-0.3, -0.25) is 9.59 Å². The molecule has 0 aliphatic heterocycles. The lowest BCUT2D eigenvalue weighted by Gasteiger charge is -2.15. The Labute approximate surface area is 121 Å². The van der Waals surface area contributed by atoms with Gasteiger partial charge in [-0.1, -0.05) is 13.8 Å². The standard InChI is InChI=1S/C14H28N2O4/c1-5-9-19-13(17)11(3)15-7-8-16-12(4)14(18)20-10-6-2/h11-12,15-16H,5-10H2,1-4H3/t11-,12-/m0/s1. The van der Waals surface area contributed by atoms with Gasteiger partial charge in [0.2, 0.25) is 0 Å². The van der Waals surface area contributed by atoms with Crippen molar-refractivity contribution in [3.63, 3.8) is 0 Å². The highest BCUT2D eigenvalue weighted by atomic mass is 16.5. The van der Waals surface area contributed by atoms with Crippen molar-refractivity contribution in [2.75, 3.05) is 26.3 Å². The van der Waals surface area contributed by atoms with Crippen LogP contribution in [0.4, 0.5) is 0 Å². The van der Waals surface area contributed by atoms with Crippen LogP contribution in [0.25, 0.3) is 0 Å². The van der Waals surface area contributed by atoms with E-state index < -0.39 is 0 Å². The number of ether oxygens (including phenoxy) is 2. The summed E-state index contributed by atoms with van der Waals surface area (Å²) in [5, 5.41) is 6.08. The zero-order chi connectivity index (χ0) is 15.4. The number of nitrogens with one attached hydrogen (secondary N) is 2. The predicted octanol–water partition coefficient (Wildman–Crippen LogP) is 0.849. The van der Waals surface area contributed by atoms with Crippen LogP contribution in [0.3, 0.4) is 0 Å². The molecular weight excluding hydrogens is 260 g/mol. The monoisotopic (exact) mass is 288 g/mol. The van der Waals surface area contributed by atoms with Gasteiger partial charge in [0, 0.05) is 13.1 Å².